The lowest BCUT2D eigenvalue weighted by atomic mass is 10.00. The Morgan fingerprint density at radius 2 is 2.10 bits per heavy atom. The first-order valence-electron chi connectivity index (χ1n) is 6.46. The van der Waals surface area contributed by atoms with Crippen molar-refractivity contribution in [2.75, 3.05) is 6.79 Å². The topological polar surface area (TPSA) is 38.7 Å². The van der Waals surface area contributed by atoms with Crippen molar-refractivity contribution in [2.45, 2.75) is 19.4 Å². The standard InChI is InChI=1S/C16H15ClO3/c1-10-3-2-4-11(5-10)6-14(18)12-7-13(17)16-15(8-12)19-9-20-16/h2-5,7-8,14,18H,6,9H2,1H3. The summed E-state index contributed by atoms with van der Waals surface area (Å²) in [6, 6.07) is 11.6. The van der Waals surface area contributed by atoms with Crippen LogP contribution in [0.3, 0.4) is 0 Å². The van der Waals surface area contributed by atoms with Gasteiger partial charge in [-0.3, -0.25) is 0 Å². The fourth-order valence-electron chi connectivity index (χ4n) is 2.36. The van der Waals surface area contributed by atoms with Gasteiger partial charge in [-0.1, -0.05) is 41.4 Å². The summed E-state index contributed by atoms with van der Waals surface area (Å²) < 4.78 is 10.6. The maximum atomic E-state index is 10.4. The van der Waals surface area contributed by atoms with Gasteiger partial charge in [0.2, 0.25) is 6.79 Å². The first-order valence-corrected chi connectivity index (χ1v) is 6.84. The van der Waals surface area contributed by atoms with Gasteiger partial charge in [0.1, 0.15) is 0 Å². The zero-order chi connectivity index (χ0) is 14.1. The maximum Gasteiger partial charge on any atom is 0.231 e. The second-order valence-electron chi connectivity index (χ2n) is 4.95. The molecule has 0 radical (unpaired) electrons. The minimum absolute atomic E-state index is 0.173. The van der Waals surface area contributed by atoms with Crippen molar-refractivity contribution in [3.05, 3.63) is 58.1 Å². The number of aliphatic hydroxyl groups excluding tert-OH is 1. The van der Waals surface area contributed by atoms with Gasteiger partial charge in [0, 0.05) is 6.42 Å². The highest BCUT2D eigenvalue weighted by Gasteiger charge is 2.21. The van der Waals surface area contributed by atoms with Gasteiger partial charge in [-0.05, 0) is 30.2 Å². The zero-order valence-electron chi connectivity index (χ0n) is 11.1. The Hall–Kier alpha value is -1.71. The van der Waals surface area contributed by atoms with E-state index in [0.29, 0.717) is 22.9 Å². The first-order chi connectivity index (χ1) is 9.63. The Kier molecular flexibility index (Phi) is 3.55. The molecule has 20 heavy (non-hydrogen) atoms. The second kappa shape index (κ2) is 5.35. The van der Waals surface area contributed by atoms with E-state index in [1.165, 1.54) is 5.56 Å². The quantitative estimate of drug-likeness (QED) is 0.938. The summed E-state index contributed by atoms with van der Waals surface area (Å²) in [4.78, 5) is 0. The average Bonchev–Trinajstić information content (AvgIpc) is 2.87. The minimum Gasteiger partial charge on any atom is -0.454 e. The first kappa shape index (κ1) is 13.3. The number of halogens is 1. The summed E-state index contributed by atoms with van der Waals surface area (Å²) in [6.45, 7) is 2.21. The van der Waals surface area contributed by atoms with Crippen molar-refractivity contribution < 1.29 is 14.6 Å². The number of hydrogen-bond donors (Lipinski definition) is 1. The Morgan fingerprint density at radius 1 is 1.25 bits per heavy atom. The van der Waals surface area contributed by atoms with Crippen molar-refractivity contribution in [1.29, 1.82) is 0 Å². The summed E-state index contributed by atoms with van der Waals surface area (Å²) in [5.41, 5.74) is 3.01. The van der Waals surface area contributed by atoms with Gasteiger partial charge in [-0.15, -0.1) is 0 Å². The minimum atomic E-state index is -0.621. The van der Waals surface area contributed by atoms with Gasteiger partial charge in [0.25, 0.3) is 0 Å². The molecule has 0 saturated carbocycles. The van der Waals surface area contributed by atoms with Gasteiger partial charge in [0.15, 0.2) is 11.5 Å². The van der Waals surface area contributed by atoms with E-state index in [0.717, 1.165) is 11.1 Å². The number of ether oxygens (including phenoxy) is 2. The van der Waals surface area contributed by atoms with Gasteiger partial charge >= 0.3 is 0 Å². The van der Waals surface area contributed by atoms with E-state index in [2.05, 4.69) is 6.07 Å². The molecular formula is C16H15ClO3. The Labute approximate surface area is 122 Å². The van der Waals surface area contributed by atoms with E-state index in [9.17, 15) is 5.11 Å². The molecule has 1 unspecified atom stereocenters. The Morgan fingerprint density at radius 3 is 2.90 bits per heavy atom. The third kappa shape index (κ3) is 2.60. The predicted molar refractivity (Wildman–Crippen MR) is 77.4 cm³/mol. The lowest BCUT2D eigenvalue weighted by molar-refractivity contribution is 0.171. The van der Waals surface area contributed by atoms with Crippen molar-refractivity contribution in [2.24, 2.45) is 0 Å². The fraction of sp³-hybridized carbons (Fsp3) is 0.250. The molecule has 0 aromatic heterocycles. The molecular weight excluding hydrogens is 276 g/mol. The monoisotopic (exact) mass is 290 g/mol. The van der Waals surface area contributed by atoms with Crippen LogP contribution in [-0.2, 0) is 6.42 Å². The molecule has 3 nitrogen and oxygen atoms in total. The molecule has 0 aliphatic carbocycles. The maximum absolute atomic E-state index is 10.4. The molecule has 2 aromatic rings. The van der Waals surface area contributed by atoms with E-state index in [1.807, 2.05) is 25.1 Å². The molecule has 0 fully saturated rings. The zero-order valence-corrected chi connectivity index (χ0v) is 11.9. The lowest BCUT2D eigenvalue weighted by Gasteiger charge is -2.13. The van der Waals surface area contributed by atoms with Gasteiger partial charge < -0.3 is 14.6 Å². The molecule has 2 aromatic carbocycles. The van der Waals surface area contributed by atoms with Crippen LogP contribution in [0.5, 0.6) is 11.5 Å². The van der Waals surface area contributed by atoms with Crippen molar-refractivity contribution in [3.63, 3.8) is 0 Å². The highest BCUT2D eigenvalue weighted by molar-refractivity contribution is 6.32. The largest absolute Gasteiger partial charge is 0.454 e. The lowest BCUT2D eigenvalue weighted by Crippen LogP contribution is -2.02. The van der Waals surface area contributed by atoms with Crippen LogP contribution < -0.4 is 9.47 Å². The number of benzene rings is 2. The van der Waals surface area contributed by atoms with Crippen molar-refractivity contribution >= 4 is 11.6 Å². The third-order valence-corrected chi connectivity index (χ3v) is 3.63. The molecule has 1 aliphatic rings. The van der Waals surface area contributed by atoms with Crippen LogP contribution in [-0.4, -0.2) is 11.9 Å². The van der Waals surface area contributed by atoms with Crippen LogP contribution in [0.25, 0.3) is 0 Å². The molecule has 1 heterocycles. The molecule has 0 saturated heterocycles. The van der Waals surface area contributed by atoms with Gasteiger partial charge in [-0.2, -0.15) is 0 Å². The van der Waals surface area contributed by atoms with Crippen LogP contribution in [0.2, 0.25) is 5.02 Å². The highest BCUT2D eigenvalue weighted by Crippen LogP contribution is 2.41. The number of fused-ring (bicyclic) bond motifs is 1. The smallest absolute Gasteiger partial charge is 0.231 e. The van der Waals surface area contributed by atoms with Gasteiger partial charge in [-0.25, -0.2) is 0 Å². The van der Waals surface area contributed by atoms with Gasteiger partial charge in [0.05, 0.1) is 11.1 Å². The fourth-order valence-corrected chi connectivity index (χ4v) is 2.63. The molecule has 4 heteroatoms. The Balaban J connectivity index is 1.84. The average molecular weight is 291 g/mol. The number of hydrogen-bond acceptors (Lipinski definition) is 3. The van der Waals surface area contributed by atoms with E-state index in [1.54, 1.807) is 12.1 Å². The molecule has 104 valence electrons. The SMILES string of the molecule is Cc1cccc(CC(O)c2cc(Cl)c3c(c2)OCO3)c1. The van der Waals surface area contributed by atoms with Crippen LogP contribution in [0, 0.1) is 6.92 Å². The van der Waals surface area contributed by atoms with Crippen LogP contribution >= 0.6 is 11.6 Å². The van der Waals surface area contributed by atoms with E-state index in [-0.39, 0.29) is 6.79 Å². The normalized spacial score (nSPS) is 14.3. The molecule has 3 rings (SSSR count). The number of rotatable bonds is 3. The summed E-state index contributed by atoms with van der Waals surface area (Å²) in [6.07, 6.45) is -0.0821. The molecule has 0 amide bonds. The van der Waals surface area contributed by atoms with Crippen molar-refractivity contribution in [1.82, 2.24) is 0 Å². The summed E-state index contributed by atoms with van der Waals surface area (Å²) in [7, 11) is 0. The highest BCUT2D eigenvalue weighted by atomic mass is 35.5. The van der Waals surface area contributed by atoms with Crippen LogP contribution in [0.4, 0.5) is 0 Å². The van der Waals surface area contributed by atoms with Crippen LogP contribution in [0.1, 0.15) is 22.8 Å². The van der Waals surface area contributed by atoms with E-state index < -0.39 is 6.10 Å². The molecule has 0 bridgehead atoms. The van der Waals surface area contributed by atoms with Crippen LogP contribution in [0.15, 0.2) is 36.4 Å². The van der Waals surface area contributed by atoms with E-state index >= 15 is 0 Å². The summed E-state index contributed by atoms with van der Waals surface area (Å²) in [5.74, 6) is 1.15. The Bertz CT molecular complexity index is 640. The molecule has 1 aliphatic heterocycles. The van der Waals surface area contributed by atoms with Crippen molar-refractivity contribution in [3.8, 4) is 11.5 Å². The molecule has 1 atom stereocenters. The number of aliphatic hydroxyl groups is 1. The predicted octanol–water partition coefficient (Wildman–Crippen LogP) is 3.65. The third-order valence-electron chi connectivity index (χ3n) is 3.35. The molecule has 0 spiro atoms. The molecule has 1 N–H and O–H groups in total. The summed E-state index contributed by atoms with van der Waals surface area (Å²) >= 11 is 6.13. The van der Waals surface area contributed by atoms with E-state index in [4.69, 9.17) is 21.1 Å². The summed E-state index contributed by atoms with van der Waals surface area (Å²) in [5, 5.41) is 10.8. The second-order valence-corrected chi connectivity index (χ2v) is 5.35. The number of aryl methyl sites for hydroxylation is 1.